The first-order valence-corrected chi connectivity index (χ1v) is 2.41. The van der Waals surface area contributed by atoms with E-state index in [1.54, 1.807) is 0 Å². The third kappa shape index (κ3) is 389. The second kappa shape index (κ2) is 16.1. The van der Waals surface area contributed by atoms with Gasteiger partial charge in [0, 0.05) is 6.92 Å². The topological polar surface area (TPSA) is 43.1 Å². The predicted octanol–water partition coefficient (Wildman–Crippen LogP) is 1.54. The van der Waals surface area contributed by atoms with Gasteiger partial charge in [0.1, 0.15) is 0 Å². The number of nitrogens with two attached hydrogens (primary N) is 1. The van der Waals surface area contributed by atoms with Crippen LogP contribution in [0.5, 0.6) is 0 Å². The molecule has 0 heterocycles. The van der Waals surface area contributed by atoms with Crippen molar-refractivity contribution < 1.29 is 4.79 Å². The first kappa shape index (κ1) is 15.6. The van der Waals surface area contributed by atoms with Crippen LogP contribution in [-0.4, -0.2) is 5.91 Å². The maximum Gasteiger partial charge on any atom is 0.214 e. The number of hydrogen-bond donors (Lipinski definition) is 1. The third-order valence-electron chi connectivity index (χ3n) is 0. The van der Waals surface area contributed by atoms with Crippen LogP contribution in [0.4, 0.5) is 0 Å². The number of carbonyl (C=O) groups excluding carboxylic acids is 1. The average molecular weight is 119 g/mol. The Hall–Kier alpha value is -0.530. The minimum absolute atomic E-state index is 0. The van der Waals surface area contributed by atoms with Crippen LogP contribution in [0.1, 0.15) is 34.6 Å². The number of hydrogen-bond acceptors (Lipinski definition) is 1. The summed E-state index contributed by atoms with van der Waals surface area (Å²) < 4.78 is 0. The van der Waals surface area contributed by atoms with Gasteiger partial charge in [-0.3, -0.25) is 4.79 Å². The number of carbonyl (C=O) groups is 1. The van der Waals surface area contributed by atoms with Crippen molar-refractivity contribution in [3.8, 4) is 0 Å². The Morgan fingerprint density at radius 2 is 1.50 bits per heavy atom. The minimum Gasteiger partial charge on any atom is -0.370 e. The molecule has 0 unspecified atom stereocenters. The normalized spacial score (nSPS) is 5.38. The van der Waals surface area contributed by atoms with Crippen LogP contribution >= 0.6 is 0 Å². The summed E-state index contributed by atoms with van der Waals surface area (Å²) >= 11 is 0. The zero-order valence-corrected chi connectivity index (χ0v) is 5.19. The summed E-state index contributed by atoms with van der Waals surface area (Å²) in [5.74, 6) is -0.333. The Morgan fingerprint density at radius 1 is 1.50 bits per heavy atom. The van der Waals surface area contributed by atoms with Crippen molar-refractivity contribution >= 4 is 5.91 Å². The average Bonchev–Trinajstić information content (AvgIpc) is 1.33. The zero-order chi connectivity index (χ0) is 6.28. The fourth-order valence-corrected chi connectivity index (χ4v) is 0. The molecular weight excluding hydrogens is 102 g/mol. The molecule has 0 spiro atoms. The quantitative estimate of drug-likeness (QED) is 0.516. The maximum atomic E-state index is 9.22. The molecule has 0 aromatic carbocycles. The molecule has 0 atom stereocenters. The highest BCUT2D eigenvalue weighted by atomic mass is 16.1. The molecule has 1 amide bonds. The SMILES string of the molecule is C.CC(N)=O.CCC. The standard InChI is InChI=1S/C3H8.C2H5NO.CH4/c1-3-2;1-2(3)4;/h3H2,1-2H3;1H3,(H2,3,4);1H4. The van der Waals surface area contributed by atoms with E-state index in [0.29, 0.717) is 0 Å². The molecule has 0 fully saturated rings. The Balaban J connectivity index is -0.0000000575. The first-order chi connectivity index (χ1) is 3.15. The summed E-state index contributed by atoms with van der Waals surface area (Å²) in [5.41, 5.74) is 4.47. The summed E-state index contributed by atoms with van der Waals surface area (Å²) in [7, 11) is 0. The van der Waals surface area contributed by atoms with E-state index in [0.717, 1.165) is 0 Å². The van der Waals surface area contributed by atoms with E-state index in [1.165, 1.54) is 13.3 Å². The number of primary amides is 1. The van der Waals surface area contributed by atoms with Crippen LogP contribution in [-0.2, 0) is 4.79 Å². The summed E-state index contributed by atoms with van der Waals surface area (Å²) in [5, 5.41) is 0. The summed E-state index contributed by atoms with van der Waals surface area (Å²) in [6.45, 7) is 5.56. The van der Waals surface area contributed by atoms with E-state index in [2.05, 4.69) is 19.6 Å². The van der Waals surface area contributed by atoms with Crippen LogP contribution in [0.25, 0.3) is 0 Å². The molecule has 52 valence electrons. The molecule has 0 radical (unpaired) electrons. The Morgan fingerprint density at radius 3 is 1.50 bits per heavy atom. The second-order valence-corrected chi connectivity index (χ2v) is 1.32. The van der Waals surface area contributed by atoms with Crippen molar-refractivity contribution in [1.29, 1.82) is 0 Å². The lowest BCUT2D eigenvalue weighted by Gasteiger charge is -1.60. The van der Waals surface area contributed by atoms with Gasteiger partial charge in [0.25, 0.3) is 0 Å². The van der Waals surface area contributed by atoms with E-state index in [-0.39, 0.29) is 13.3 Å². The molecule has 0 aromatic rings. The van der Waals surface area contributed by atoms with Gasteiger partial charge < -0.3 is 5.73 Å². The van der Waals surface area contributed by atoms with Crippen molar-refractivity contribution in [2.75, 3.05) is 0 Å². The van der Waals surface area contributed by atoms with Crippen molar-refractivity contribution in [3.05, 3.63) is 0 Å². The van der Waals surface area contributed by atoms with Gasteiger partial charge in [-0.2, -0.15) is 0 Å². The van der Waals surface area contributed by atoms with Gasteiger partial charge in [0.05, 0.1) is 0 Å². The van der Waals surface area contributed by atoms with Gasteiger partial charge in [-0.05, 0) is 0 Å². The number of rotatable bonds is 0. The van der Waals surface area contributed by atoms with Crippen LogP contribution < -0.4 is 5.73 Å². The summed E-state index contributed by atoms with van der Waals surface area (Å²) in [6.07, 6.45) is 1.25. The molecule has 2 nitrogen and oxygen atoms in total. The molecule has 2 heteroatoms. The van der Waals surface area contributed by atoms with Gasteiger partial charge >= 0.3 is 0 Å². The fourth-order valence-electron chi connectivity index (χ4n) is 0. The van der Waals surface area contributed by atoms with Gasteiger partial charge in [-0.1, -0.05) is 27.7 Å². The third-order valence-corrected chi connectivity index (χ3v) is 0. The molecule has 0 rings (SSSR count). The molecule has 2 N–H and O–H groups in total. The molecule has 0 bridgehead atoms. The van der Waals surface area contributed by atoms with Crippen molar-refractivity contribution in [2.45, 2.75) is 34.6 Å². The largest absolute Gasteiger partial charge is 0.370 e. The Labute approximate surface area is 52.1 Å². The van der Waals surface area contributed by atoms with Crippen molar-refractivity contribution in [1.82, 2.24) is 0 Å². The highest BCUT2D eigenvalue weighted by molar-refractivity contribution is 5.70. The van der Waals surface area contributed by atoms with Gasteiger partial charge in [0.2, 0.25) is 5.91 Å². The monoisotopic (exact) mass is 119 g/mol. The molecule has 0 aromatic heterocycles. The second-order valence-electron chi connectivity index (χ2n) is 1.32. The highest BCUT2D eigenvalue weighted by Gasteiger charge is 1.61. The van der Waals surface area contributed by atoms with E-state index < -0.39 is 0 Å². The Kier molecular flexibility index (Phi) is 31.5. The molecule has 0 saturated heterocycles. The first-order valence-electron chi connectivity index (χ1n) is 2.41. The van der Waals surface area contributed by atoms with E-state index in [1.807, 2.05) is 0 Å². The van der Waals surface area contributed by atoms with Crippen LogP contribution in [0.2, 0.25) is 0 Å². The number of amides is 1. The minimum atomic E-state index is -0.333. The zero-order valence-electron chi connectivity index (χ0n) is 5.19. The van der Waals surface area contributed by atoms with Gasteiger partial charge in [-0.25, -0.2) is 0 Å². The van der Waals surface area contributed by atoms with E-state index in [4.69, 9.17) is 0 Å². The maximum absolute atomic E-state index is 9.22. The molecule has 0 aliphatic heterocycles. The van der Waals surface area contributed by atoms with Crippen molar-refractivity contribution in [2.24, 2.45) is 5.73 Å². The lowest BCUT2D eigenvalue weighted by Crippen LogP contribution is -2.01. The molecule has 0 aliphatic rings. The molecular formula is C6H17NO. The molecule has 8 heavy (non-hydrogen) atoms. The predicted molar refractivity (Wildman–Crippen MR) is 37.6 cm³/mol. The Bertz CT molecular complexity index is 39.8. The lowest BCUT2D eigenvalue weighted by molar-refractivity contribution is -0.115. The molecule has 0 saturated carbocycles. The lowest BCUT2D eigenvalue weighted by atomic mass is 10.6. The van der Waals surface area contributed by atoms with Crippen LogP contribution in [0.3, 0.4) is 0 Å². The fraction of sp³-hybridized carbons (Fsp3) is 0.833. The molecule has 0 aliphatic carbocycles. The van der Waals surface area contributed by atoms with E-state index in [9.17, 15) is 4.79 Å². The van der Waals surface area contributed by atoms with Gasteiger partial charge in [-0.15, -0.1) is 0 Å². The highest BCUT2D eigenvalue weighted by Crippen LogP contribution is 1.56. The van der Waals surface area contributed by atoms with Crippen LogP contribution in [0, 0.1) is 0 Å². The smallest absolute Gasteiger partial charge is 0.214 e. The summed E-state index contributed by atoms with van der Waals surface area (Å²) in [4.78, 5) is 9.22. The van der Waals surface area contributed by atoms with Crippen molar-refractivity contribution in [3.63, 3.8) is 0 Å². The van der Waals surface area contributed by atoms with Gasteiger partial charge in [0.15, 0.2) is 0 Å². The van der Waals surface area contributed by atoms with E-state index >= 15 is 0 Å². The van der Waals surface area contributed by atoms with Crippen LogP contribution in [0.15, 0.2) is 0 Å². The summed E-state index contributed by atoms with van der Waals surface area (Å²) in [6, 6.07) is 0.